The number of benzene rings is 3. The molecule has 0 radical (unpaired) electrons. The van der Waals surface area contributed by atoms with Gasteiger partial charge in [0.05, 0.1) is 0 Å². The van der Waals surface area contributed by atoms with Gasteiger partial charge in [0.1, 0.15) is 0 Å². The summed E-state index contributed by atoms with van der Waals surface area (Å²) in [7, 11) is 0. The molecule has 0 aliphatic rings. The van der Waals surface area contributed by atoms with Gasteiger partial charge in [-0.2, -0.15) is 5.10 Å². The lowest BCUT2D eigenvalue weighted by Gasteiger charge is -2.35. The summed E-state index contributed by atoms with van der Waals surface area (Å²) in [5.41, 5.74) is 5.05. The molecule has 0 unspecified atom stereocenters. The van der Waals surface area contributed by atoms with Crippen LogP contribution in [0.1, 0.15) is 96.3 Å². The smallest absolute Gasteiger partial charge is 0.0448 e. The van der Waals surface area contributed by atoms with Gasteiger partial charge in [-0.3, -0.25) is 0 Å². The summed E-state index contributed by atoms with van der Waals surface area (Å²) >= 11 is 0. The van der Waals surface area contributed by atoms with Gasteiger partial charge in [-0.1, -0.05) is 144 Å². The van der Waals surface area contributed by atoms with E-state index in [2.05, 4.69) is 110 Å². The van der Waals surface area contributed by atoms with Gasteiger partial charge in [0.2, 0.25) is 0 Å². The highest BCUT2D eigenvalue weighted by Gasteiger charge is 2.33. The van der Waals surface area contributed by atoms with E-state index in [0.717, 1.165) is 18.6 Å². The zero-order valence-electron chi connectivity index (χ0n) is 22.1. The Bertz CT molecular complexity index is 789. The molecule has 3 aromatic rings. The normalized spacial score (nSPS) is 11.0. The predicted molar refractivity (Wildman–Crippen MR) is 152 cm³/mol. The van der Waals surface area contributed by atoms with Crippen LogP contribution in [0, 0.1) is 0 Å². The molecule has 34 heavy (non-hydrogen) atoms. The van der Waals surface area contributed by atoms with Crippen molar-refractivity contribution < 1.29 is 0 Å². The van der Waals surface area contributed by atoms with Crippen molar-refractivity contribution in [2.75, 3.05) is 0 Å². The number of unbranched alkanes of at least 4 members (excludes halogenated alkanes) is 4. The topological polar surface area (TPSA) is 38.4 Å². The Hall–Kier alpha value is -2.87. The van der Waals surface area contributed by atoms with Crippen LogP contribution in [0.25, 0.3) is 0 Å². The van der Waals surface area contributed by atoms with Gasteiger partial charge in [0.25, 0.3) is 0 Å². The van der Waals surface area contributed by atoms with Crippen molar-refractivity contribution >= 4 is 5.71 Å². The van der Waals surface area contributed by atoms with E-state index in [4.69, 9.17) is 5.84 Å². The molecule has 2 nitrogen and oxygen atoms in total. The number of hydrazone groups is 1. The maximum absolute atomic E-state index is 5.10. The third-order valence-electron chi connectivity index (χ3n) is 6.19. The highest BCUT2D eigenvalue weighted by molar-refractivity contribution is 5.81. The van der Waals surface area contributed by atoms with E-state index in [9.17, 15) is 0 Å². The average Bonchev–Trinajstić information content (AvgIpc) is 2.92. The lowest BCUT2D eigenvalue weighted by Crippen LogP contribution is -2.28. The molecule has 0 aromatic heterocycles. The summed E-state index contributed by atoms with van der Waals surface area (Å²) in [4.78, 5) is 0. The van der Waals surface area contributed by atoms with Crippen LogP contribution >= 0.6 is 0 Å². The lowest BCUT2D eigenvalue weighted by atomic mass is 9.68. The standard InChI is InChI=1S/C21H20.C9H20N2.C2H6/c1-2-21(18-12-6-3-7-13-18,19-14-8-4-9-15-19)20-16-10-5-11-17-20;1-3-4-5-6-7-8-9(2)11-10;1-2/h3-17H,2H2,1H3;3-8,10H2,1-2H3;1-2H3/b;11-9+;. The second-order valence-electron chi connectivity index (χ2n) is 8.39. The average molecular weight is 459 g/mol. The van der Waals surface area contributed by atoms with E-state index in [1.165, 1.54) is 48.8 Å². The third kappa shape index (κ3) is 8.82. The number of nitrogens with zero attached hydrogens (tertiary/aromatic N) is 1. The molecule has 0 aliphatic heterocycles. The van der Waals surface area contributed by atoms with Crippen LogP contribution < -0.4 is 5.84 Å². The van der Waals surface area contributed by atoms with Crippen LogP contribution in [0.5, 0.6) is 0 Å². The zero-order valence-corrected chi connectivity index (χ0v) is 22.1. The quantitative estimate of drug-likeness (QED) is 0.106. The van der Waals surface area contributed by atoms with E-state index < -0.39 is 0 Å². The Labute approximate surface area is 209 Å². The van der Waals surface area contributed by atoms with Crippen molar-refractivity contribution in [1.82, 2.24) is 0 Å². The first kappa shape index (κ1) is 29.2. The molecule has 0 saturated heterocycles. The van der Waals surface area contributed by atoms with Gasteiger partial charge in [0.15, 0.2) is 0 Å². The Morgan fingerprint density at radius 1 is 0.647 bits per heavy atom. The second-order valence-corrected chi connectivity index (χ2v) is 8.39. The van der Waals surface area contributed by atoms with Crippen molar-refractivity contribution in [3.63, 3.8) is 0 Å². The molecule has 0 fully saturated rings. The van der Waals surface area contributed by atoms with Gasteiger partial charge in [-0.15, -0.1) is 0 Å². The van der Waals surface area contributed by atoms with Gasteiger partial charge >= 0.3 is 0 Å². The second kappa shape index (κ2) is 17.6. The van der Waals surface area contributed by atoms with E-state index >= 15 is 0 Å². The number of nitrogens with two attached hydrogens (primary N) is 1. The number of hydrogen-bond donors (Lipinski definition) is 1. The van der Waals surface area contributed by atoms with Crippen molar-refractivity contribution in [2.45, 2.75) is 85.0 Å². The van der Waals surface area contributed by atoms with Crippen molar-refractivity contribution in [2.24, 2.45) is 10.9 Å². The van der Waals surface area contributed by atoms with Crippen LogP contribution in [0.2, 0.25) is 0 Å². The van der Waals surface area contributed by atoms with Crippen LogP contribution in [0.15, 0.2) is 96.1 Å². The molecule has 2 N–H and O–H groups in total. The minimum Gasteiger partial charge on any atom is -0.323 e. The minimum atomic E-state index is -0.0796. The van der Waals surface area contributed by atoms with Gasteiger partial charge < -0.3 is 5.84 Å². The van der Waals surface area contributed by atoms with Crippen molar-refractivity contribution in [1.29, 1.82) is 0 Å². The highest BCUT2D eigenvalue weighted by Crippen LogP contribution is 2.41. The molecule has 0 atom stereocenters. The van der Waals surface area contributed by atoms with E-state index in [1.807, 2.05) is 20.8 Å². The molecule has 3 rings (SSSR count). The zero-order chi connectivity index (χ0) is 25.1. The Morgan fingerprint density at radius 2 is 1.03 bits per heavy atom. The van der Waals surface area contributed by atoms with Crippen LogP contribution in [0.4, 0.5) is 0 Å². The lowest BCUT2D eigenvalue weighted by molar-refractivity contribution is 0.594. The Kier molecular flexibility index (Phi) is 15.1. The van der Waals surface area contributed by atoms with Gasteiger partial charge in [-0.05, 0) is 42.9 Å². The summed E-state index contributed by atoms with van der Waals surface area (Å²) < 4.78 is 0. The fourth-order valence-corrected chi connectivity index (χ4v) is 4.33. The van der Waals surface area contributed by atoms with Crippen LogP contribution in [-0.2, 0) is 5.41 Å². The van der Waals surface area contributed by atoms with E-state index in [1.54, 1.807) is 0 Å². The first-order valence-corrected chi connectivity index (χ1v) is 13.1. The molecule has 0 heterocycles. The summed E-state index contributed by atoms with van der Waals surface area (Å²) in [5.74, 6) is 5.10. The summed E-state index contributed by atoms with van der Waals surface area (Å²) in [5, 5.41) is 3.62. The summed E-state index contributed by atoms with van der Waals surface area (Å²) in [6.07, 6.45) is 8.69. The summed E-state index contributed by atoms with van der Waals surface area (Å²) in [6, 6.07) is 32.5. The van der Waals surface area contributed by atoms with Crippen molar-refractivity contribution in [3.8, 4) is 0 Å². The maximum Gasteiger partial charge on any atom is 0.0448 e. The Morgan fingerprint density at radius 3 is 1.35 bits per heavy atom. The molecule has 0 spiro atoms. The van der Waals surface area contributed by atoms with Gasteiger partial charge in [-0.25, -0.2) is 0 Å². The number of hydrogen-bond acceptors (Lipinski definition) is 2. The largest absolute Gasteiger partial charge is 0.323 e. The first-order chi connectivity index (χ1) is 16.7. The molecule has 0 aliphatic carbocycles. The van der Waals surface area contributed by atoms with Crippen molar-refractivity contribution in [3.05, 3.63) is 108 Å². The fourth-order valence-electron chi connectivity index (χ4n) is 4.33. The summed E-state index contributed by atoms with van der Waals surface area (Å²) in [6.45, 7) is 10.5. The molecule has 3 aromatic carbocycles. The first-order valence-electron chi connectivity index (χ1n) is 13.1. The number of rotatable bonds is 10. The third-order valence-corrected chi connectivity index (χ3v) is 6.19. The maximum atomic E-state index is 5.10. The Balaban J connectivity index is 0.000000380. The molecule has 0 amide bonds. The molecular weight excluding hydrogens is 412 g/mol. The fraction of sp³-hybridized carbons (Fsp3) is 0.406. The predicted octanol–water partition coefficient (Wildman–Crippen LogP) is 9.14. The van der Waals surface area contributed by atoms with Crippen LogP contribution in [0.3, 0.4) is 0 Å². The van der Waals surface area contributed by atoms with E-state index in [-0.39, 0.29) is 5.41 Å². The molecule has 184 valence electrons. The highest BCUT2D eigenvalue weighted by atomic mass is 15.1. The van der Waals surface area contributed by atoms with Crippen LogP contribution in [-0.4, -0.2) is 5.71 Å². The molecular formula is C32H46N2. The molecule has 0 bridgehead atoms. The monoisotopic (exact) mass is 458 g/mol. The minimum absolute atomic E-state index is 0.0796. The SMILES string of the molecule is CC.CCC(c1ccccc1)(c1ccccc1)c1ccccc1.CCCCCCC/C(C)=N/N. The van der Waals surface area contributed by atoms with Gasteiger partial charge in [0, 0.05) is 11.1 Å². The molecule has 0 saturated carbocycles. The van der Waals surface area contributed by atoms with E-state index in [0.29, 0.717) is 0 Å². The molecule has 2 heteroatoms.